The van der Waals surface area contributed by atoms with Gasteiger partial charge in [0.1, 0.15) is 6.10 Å². The number of carbonyl (C=O) groups is 2. The van der Waals surface area contributed by atoms with E-state index in [2.05, 4.69) is 5.32 Å². The molecule has 1 rings (SSSR count). The highest BCUT2D eigenvalue weighted by Gasteiger charge is 2.25. The summed E-state index contributed by atoms with van der Waals surface area (Å²) >= 11 is 0. The Morgan fingerprint density at radius 1 is 1.37 bits per heavy atom. The van der Waals surface area contributed by atoms with Crippen LogP contribution in [0.2, 0.25) is 0 Å². The number of aliphatic hydroxyl groups excluding tert-OH is 1. The van der Waals surface area contributed by atoms with E-state index in [4.69, 9.17) is 0 Å². The molecule has 1 aromatic carbocycles. The van der Waals surface area contributed by atoms with Gasteiger partial charge in [0.25, 0.3) is 0 Å². The maximum absolute atomic E-state index is 12.1. The van der Waals surface area contributed by atoms with Crippen LogP contribution < -0.4 is 5.32 Å². The number of unbranched alkanes of at least 4 members (excludes halogenated alkanes) is 1. The number of rotatable bonds is 9. The minimum atomic E-state index is -1.28. The number of nitrogens with one attached hydrogen (secondary N) is 1. The van der Waals surface area contributed by atoms with E-state index in [1.54, 1.807) is 0 Å². The number of benzene rings is 1. The fourth-order valence-corrected chi connectivity index (χ4v) is 1.84. The first kappa shape index (κ1) is 15.5. The molecule has 0 spiro atoms. The van der Waals surface area contributed by atoms with Crippen molar-refractivity contribution in [2.45, 2.75) is 38.3 Å². The van der Waals surface area contributed by atoms with Gasteiger partial charge in [-0.25, -0.2) is 0 Å². The van der Waals surface area contributed by atoms with Crippen molar-refractivity contribution in [3.63, 3.8) is 0 Å². The quantitative estimate of drug-likeness (QED) is 0.517. The van der Waals surface area contributed by atoms with E-state index in [9.17, 15) is 14.7 Å². The second-order valence-corrected chi connectivity index (χ2v) is 4.54. The summed E-state index contributed by atoms with van der Waals surface area (Å²) in [6.45, 7) is 2.66. The van der Waals surface area contributed by atoms with E-state index in [1.807, 2.05) is 37.3 Å². The Labute approximate surface area is 113 Å². The average Bonchev–Trinajstić information content (AvgIpc) is 2.44. The Kier molecular flexibility index (Phi) is 7.00. The summed E-state index contributed by atoms with van der Waals surface area (Å²) in [5, 5.41) is 12.6. The monoisotopic (exact) mass is 263 g/mol. The van der Waals surface area contributed by atoms with Crippen molar-refractivity contribution in [3.8, 4) is 0 Å². The topological polar surface area (TPSA) is 66.4 Å². The summed E-state index contributed by atoms with van der Waals surface area (Å²) in [5.74, 6) is -0.165. The zero-order valence-corrected chi connectivity index (χ0v) is 11.2. The summed E-state index contributed by atoms with van der Waals surface area (Å²) in [4.78, 5) is 22.8. The summed E-state index contributed by atoms with van der Waals surface area (Å²) in [7, 11) is 0. The molecule has 19 heavy (non-hydrogen) atoms. The Morgan fingerprint density at radius 3 is 2.63 bits per heavy atom. The molecule has 0 radical (unpaired) electrons. The Hall–Kier alpha value is -1.52. The maximum atomic E-state index is 12.1. The molecule has 4 nitrogen and oxygen atoms in total. The molecule has 2 atom stereocenters. The zero-order chi connectivity index (χ0) is 14.1. The SMILES string of the molecule is CCCCNC(C(=O)Cc1ccccc1)C(O)C=O. The number of hydrogen-bond donors (Lipinski definition) is 2. The van der Waals surface area contributed by atoms with Crippen molar-refractivity contribution in [1.82, 2.24) is 5.32 Å². The minimum absolute atomic E-state index is 0.165. The predicted octanol–water partition coefficient (Wildman–Crippen LogP) is 1.12. The molecule has 0 aliphatic rings. The minimum Gasteiger partial charge on any atom is -0.384 e. The van der Waals surface area contributed by atoms with Gasteiger partial charge in [0.2, 0.25) is 0 Å². The van der Waals surface area contributed by atoms with E-state index >= 15 is 0 Å². The average molecular weight is 263 g/mol. The van der Waals surface area contributed by atoms with Crippen LogP contribution in [0.25, 0.3) is 0 Å². The van der Waals surface area contributed by atoms with Crippen molar-refractivity contribution in [1.29, 1.82) is 0 Å². The smallest absolute Gasteiger partial charge is 0.157 e. The number of hydrogen-bond acceptors (Lipinski definition) is 4. The van der Waals surface area contributed by atoms with Gasteiger partial charge in [0, 0.05) is 6.42 Å². The molecule has 0 heterocycles. The van der Waals surface area contributed by atoms with Crippen LogP contribution in [-0.2, 0) is 16.0 Å². The lowest BCUT2D eigenvalue weighted by molar-refractivity contribution is -0.128. The second-order valence-electron chi connectivity index (χ2n) is 4.54. The molecule has 0 aromatic heterocycles. The third-order valence-corrected chi connectivity index (χ3v) is 2.94. The molecule has 0 aliphatic carbocycles. The van der Waals surface area contributed by atoms with Crippen LogP contribution in [0.1, 0.15) is 25.3 Å². The molecule has 4 heteroatoms. The van der Waals surface area contributed by atoms with Crippen molar-refractivity contribution < 1.29 is 14.7 Å². The summed E-state index contributed by atoms with van der Waals surface area (Å²) < 4.78 is 0. The molecule has 0 fully saturated rings. The third kappa shape index (κ3) is 5.32. The van der Waals surface area contributed by atoms with Crippen molar-refractivity contribution in [3.05, 3.63) is 35.9 Å². The maximum Gasteiger partial charge on any atom is 0.157 e. The van der Waals surface area contributed by atoms with E-state index in [0.717, 1.165) is 18.4 Å². The molecule has 104 valence electrons. The summed E-state index contributed by atoms with van der Waals surface area (Å²) in [5.41, 5.74) is 0.882. The highest BCUT2D eigenvalue weighted by Crippen LogP contribution is 2.04. The zero-order valence-electron chi connectivity index (χ0n) is 11.2. The van der Waals surface area contributed by atoms with Crippen LogP contribution in [0.5, 0.6) is 0 Å². The van der Waals surface area contributed by atoms with E-state index < -0.39 is 12.1 Å². The molecule has 1 aromatic rings. The lowest BCUT2D eigenvalue weighted by Gasteiger charge is -2.19. The van der Waals surface area contributed by atoms with Crippen molar-refractivity contribution in [2.24, 2.45) is 0 Å². The predicted molar refractivity (Wildman–Crippen MR) is 73.9 cm³/mol. The third-order valence-electron chi connectivity index (χ3n) is 2.94. The number of aldehydes is 1. The Morgan fingerprint density at radius 2 is 2.05 bits per heavy atom. The van der Waals surface area contributed by atoms with Gasteiger partial charge >= 0.3 is 0 Å². The van der Waals surface area contributed by atoms with E-state index in [0.29, 0.717) is 12.8 Å². The van der Waals surface area contributed by atoms with Crippen LogP contribution in [-0.4, -0.2) is 35.9 Å². The van der Waals surface area contributed by atoms with Gasteiger partial charge in [-0.15, -0.1) is 0 Å². The largest absolute Gasteiger partial charge is 0.384 e. The van der Waals surface area contributed by atoms with E-state index in [1.165, 1.54) is 0 Å². The molecule has 2 N–H and O–H groups in total. The van der Waals surface area contributed by atoms with Gasteiger partial charge in [0.15, 0.2) is 12.1 Å². The van der Waals surface area contributed by atoms with Gasteiger partial charge in [-0.2, -0.15) is 0 Å². The van der Waals surface area contributed by atoms with Gasteiger partial charge in [0.05, 0.1) is 6.04 Å². The standard InChI is InChI=1S/C15H21NO3/c1-2-3-9-16-15(14(19)11-17)13(18)10-12-7-5-4-6-8-12/h4-8,11,14-16,19H,2-3,9-10H2,1H3. The summed E-state index contributed by atoms with van der Waals surface area (Å²) in [6, 6.07) is 8.49. The molecule has 0 bridgehead atoms. The molecular weight excluding hydrogens is 242 g/mol. The Bertz CT molecular complexity index is 392. The first-order valence-electron chi connectivity index (χ1n) is 6.62. The highest BCUT2D eigenvalue weighted by molar-refractivity contribution is 5.89. The summed E-state index contributed by atoms with van der Waals surface area (Å²) in [6.07, 6.45) is 1.24. The van der Waals surface area contributed by atoms with Crippen LogP contribution >= 0.6 is 0 Å². The number of Topliss-reactive ketones (excluding diaryl/α,β-unsaturated/α-hetero) is 1. The molecule has 0 saturated heterocycles. The molecule has 2 unspecified atom stereocenters. The van der Waals surface area contributed by atoms with E-state index in [-0.39, 0.29) is 12.2 Å². The Balaban J connectivity index is 2.63. The van der Waals surface area contributed by atoms with Crippen molar-refractivity contribution in [2.75, 3.05) is 6.54 Å². The molecule has 0 aliphatic heterocycles. The van der Waals surface area contributed by atoms with Gasteiger partial charge < -0.3 is 15.2 Å². The van der Waals surface area contributed by atoms with Crippen LogP contribution in [0.15, 0.2) is 30.3 Å². The fraction of sp³-hybridized carbons (Fsp3) is 0.467. The van der Waals surface area contributed by atoms with Gasteiger partial charge in [-0.05, 0) is 18.5 Å². The number of carbonyl (C=O) groups excluding carboxylic acids is 2. The molecule has 0 amide bonds. The van der Waals surface area contributed by atoms with Gasteiger partial charge in [-0.1, -0.05) is 43.7 Å². The van der Waals surface area contributed by atoms with Crippen LogP contribution in [0.4, 0.5) is 0 Å². The fourth-order valence-electron chi connectivity index (χ4n) is 1.84. The van der Waals surface area contributed by atoms with Crippen LogP contribution in [0.3, 0.4) is 0 Å². The van der Waals surface area contributed by atoms with Gasteiger partial charge in [-0.3, -0.25) is 4.79 Å². The second kappa shape index (κ2) is 8.56. The number of aliphatic hydroxyl groups is 1. The first-order valence-corrected chi connectivity index (χ1v) is 6.62. The lowest BCUT2D eigenvalue weighted by Crippen LogP contribution is -2.47. The normalized spacial score (nSPS) is 13.8. The number of ketones is 1. The highest BCUT2D eigenvalue weighted by atomic mass is 16.3. The first-order chi connectivity index (χ1) is 9.19. The lowest BCUT2D eigenvalue weighted by atomic mass is 10.00. The molecular formula is C15H21NO3. The molecule has 0 saturated carbocycles. The van der Waals surface area contributed by atoms with Crippen LogP contribution in [0, 0.1) is 0 Å². The van der Waals surface area contributed by atoms with Crippen molar-refractivity contribution >= 4 is 12.1 Å².